The molecule has 0 bridgehead atoms. The number of nitro groups is 1. The zero-order valence-electron chi connectivity index (χ0n) is 11.2. The van der Waals surface area contributed by atoms with Gasteiger partial charge in [-0.3, -0.25) is 10.1 Å². The number of benzene rings is 2. The van der Waals surface area contributed by atoms with Gasteiger partial charge in [0.1, 0.15) is 11.5 Å². The molecule has 0 spiro atoms. The fourth-order valence-corrected chi connectivity index (χ4v) is 1.95. The van der Waals surface area contributed by atoms with Crippen LogP contribution in [0.3, 0.4) is 0 Å². The van der Waals surface area contributed by atoms with Crippen molar-refractivity contribution in [2.45, 2.75) is 13.0 Å². The predicted octanol–water partition coefficient (Wildman–Crippen LogP) is 3.78. The molecule has 2 aromatic rings. The molecule has 2 aromatic carbocycles. The number of hydrogen-bond donors (Lipinski definition) is 1. The van der Waals surface area contributed by atoms with E-state index in [1.54, 1.807) is 31.2 Å². The number of halogens is 1. The highest BCUT2D eigenvalue weighted by Crippen LogP contribution is 2.28. The summed E-state index contributed by atoms with van der Waals surface area (Å²) in [4.78, 5) is 10.4. The summed E-state index contributed by atoms with van der Waals surface area (Å²) in [6, 6.07) is 11.8. The summed E-state index contributed by atoms with van der Waals surface area (Å²) in [5, 5.41) is 22.6. The minimum Gasteiger partial charge on any atom is -0.373 e. The highest BCUT2D eigenvalue weighted by Gasteiger charge is 2.16. The first-order valence-electron chi connectivity index (χ1n) is 6.22. The third-order valence-electron chi connectivity index (χ3n) is 3.07. The Balaban J connectivity index is 2.26. The molecule has 0 aliphatic rings. The Morgan fingerprint density at radius 2 is 1.95 bits per heavy atom. The number of nitrogens with one attached hydrogen (secondary N) is 1. The molecule has 106 valence electrons. The van der Waals surface area contributed by atoms with E-state index in [-0.39, 0.29) is 17.4 Å². The summed E-state index contributed by atoms with van der Waals surface area (Å²) < 4.78 is 13.3. The van der Waals surface area contributed by atoms with E-state index in [0.29, 0.717) is 5.56 Å². The van der Waals surface area contributed by atoms with Gasteiger partial charge in [-0.25, -0.2) is 4.39 Å². The summed E-state index contributed by atoms with van der Waals surface area (Å²) in [5.74, 6) is -0.546. The Kier molecular flexibility index (Phi) is 4.14. The zero-order chi connectivity index (χ0) is 15.4. The molecule has 21 heavy (non-hydrogen) atoms. The van der Waals surface area contributed by atoms with Gasteiger partial charge in [0.15, 0.2) is 0 Å². The van der Waals surface area contributed by atoms with Crippen molar-refractivity contribution >= 4 is 11.4 Å². The first-order valence-corrected chi connectivity index (χ1v) is 6.22. The first-order chi connectivity index (χ1) is 10.0. The average Bonchev–Trinajstić information content (AvgIpc) is 2.47. The van der Waals surface area contributed by atoms with E-state index in [1.807, 2.05) is 6.07 Å². The lowest BCUT2D eigenvalue weighted by Crippen LogP contribution is -2.08. The van der Waals surface area contributed by atoms with E-state index >= 15 is 0 Å². The summed E-state index contributed by atoms with van der Waals surface area (Å²) in [7, 11) is 0. The smallest absolute Gasteiger partial charge is 0.292 e. The maximum atomic E-state index is 13.3. The van der Waals surface area contributed by atoms with Gasteiger partial charge in [-0.15, -0.1) is 0 Å². The molecule has 0 aliphatic carbocycles. The molecule has 5 nitrogen and oxygen atoms in total. The Bertz CT molecular complexity index is 708. The van der Waals surface area contributed by atoms with Crippen LogP contribution in [0.5, 0.6) is 0 Å². The Labute approximate surface area is 120 Å². The standard InChI is InChI=1S/C15H12FN3O2/c1-10(12-4-2-11(9-17)3-5-12)18-14-8-13(16)6-7-15(14)19(20)21/h2-8,10,18H,1H3. The van der Waals surface area contributed by atoms with E-state index in [0.717, 1.165) is 23.8 Å². The van der Waals surface area contributed by atoms with E-state index in [4.69, 9.17) is 5.26 Å². The van der Waals surface area contributed by atoms with Crippen LogP contribution in [0.25, 0.3) is 0 Å². The average molecular weight is 285 g/mol. The maximum absolute atomic E-state index is 13.3. The van der Waals surface area contributed by atoms with E-state index < -0.39 is 10.7 Å². The van der Waals surface area contributed by atoms with Crippen LogP contribution in [0, 0.1) is 27.3 Å². The molecule has 0 heterocycles. The van der Waals surface area contributed by atoms with E-state index in [9.17, 15) is 14.5 Å². The van der Waals surface area contributed by atoms with Crippen LogP contribution < -0.4 is 5.32 Å². The monoisotopic (exact) mass is 285 g/mol. The van der Waals surface area contributed by atoms with Gasteiger partial charge in [0.2, 0.25) is 0 Å². The topological polar surface area (TPSA) is 79.0 Å². The van der Waals surface area contributed by atoms with Crippen LogP contribution in [-0.4, -0.2) is 4.92 Å². The predicted molar refractivity (Wildman–Crippen MR) is 76.2 cm³/mol. The second-order valence-electron chi connectivity index (χ2n) is 4.52. The number of nitro benzene ring substituents is 1. The largest absolute Gasteiger partial charge is 0.373 e. The quantitative estimate of drug-likeness (QED) is 0.685. The van der Waals surface area contributed by atoms with Crippen molar-refractivity contribution in [1.29, 1.82) is 5.26 Å². The number of hydrogen-bond acceptors (Lipinski definition) is 4. The van der Waals surface area contributed by atoms with Crippen molar-refractivity contribution in [3.05, 3.63) is 69.5 Å². The van der Waals surface area contributed by atoms with E-state index in [1.165, 1.54) is 0 Å². The number of anilines is 1. The lowest BCUT2D eigenvalue weighted by molar-refractivity contribution is -0.384. The molecule has 0 fully saturated rings. The van der Waals surface area contributed by atoms with Crippen molar-refractivity contribution in [3.63, 3.8) is 0 Å². The van der Waals surface area contributed by atoms with Crippen molar-refractivity contribution in [3.8, 4) is 6.07 Å². The summed E-state index contributed by atoms with van der Waals surface area (Å²) in [6.07, 6.45) is 0. The number of nitriles is 1. The van der Waals surface area contributed by atoms with Gasteiger partial charge < -0.3 is 5.32 Å². The maximum Gasteiger partial charge on any atom is 0.292 e. The molecule has 2 rings (SSSR count). The van der Waals surface area contributed by atoms with Gasteiger partial charge in [-0.2, -0.15) is 5.26 Å². The normalized spacial score (nSPS) is 11.5. The number of rotatable bonds is 4. The second kappa shape index (κ2) is 6.01. The van der Waals surface area contributed by atoms with Crippen LogP contribution in [0.15, 0.2) is 42.5 Å². The Hall–Kier alpha value is -2.94. The van der Waals surface area contributed by atoms with Crippen molar-refractivity contribution < 1.29 is 9.31 Å². The van der Waals surface area contributed by atoms with Gasteiger partial charge in [-0.1, -0.05) is 12.1 Å². The van der Waals surface area contributed by atoms with Crippen LogP contribution >= 0.6 is 0 Å². The molecule has 6 heteroatoms. The summed E-state index contributed by atoms with van der Waals surface area (Å²) in [6.45, 7) is 1.80. The van der Waals surface area contributed by atoms with Gasteiger partial charge in [0.05, 0.1) is 16.6 Å². The van der Waals surface area contributed by atoms with Gasteiger partial charge in [-0.05, 0) is 30.7 Å². The van der Waals surface area contributed by atoms with Crippen LogP contribution in [0.4, 0.5) is 15.8 Å². The molecule has 1 atom stereocenters. The lowest BCUT2D eigenvalue weighted by atomic mass is 10.1. The molecule has 0 saturated heterocycles. The third kappa shape index (κ3) is 3.34. The summed E-state index contributed by atoms with van der Waals surface area (Å²) in [5.41, 5.74) is 1.31. The van der Waals surface area contributed by atoms with E-state index in [2.05, 4.69) is 5.32 Å². The molecule has 0 aliphatic heterocycles. The molecule has 0 aromatic heterocycles. The zero-order valence-corrected chi connectivity index (χ0v) is 11.2. The molecule has 0 amide bonds. The molecular formula is C15H12FN3O2. The Morgan fingerprint density at radius 3 is 2.52 bits per heavy atom. The van der Waals surface area contributed by atoms with Crippen LogP contribution in [-0.2, 0) is 0 Å². The third-order valence-corrected chi connectivity index (χ3v) is 3.07. The second-order valence-corrected chi connectivity index (χ2v) is 4.52. The fraction of sp³-hybridized carbons (Fsp3) is 0.133. The van der Waals surface area contributed by atoms with Crippen molar-refractivity contribution in [2.24, 2.45) is 0 Å². The highest BCUT2D eigenvalue weighted by molar-refractivity contribution is 5.62. The molecule has 0 saturated carbocycles. The summed E-state index contributed by atoms with van der Waals surface area (Å²) >= 11 is 0. The van der Waals surface area contributed by atoms with Crippen LogP contribution in [0.1, 0.15) is 24.1 Å². The number of nitrogens with zero attached hydrogens (tertiary/aromatic N) is 2. The minimum atomic E-state index is -0.562. The molecule has 1 N–H and O–H groups in total. The fourth-order valence-electron chi connectivity index (χ4n) is 1.95. The minimum absolute atomic E-state index is 0.122. The molecule has 0 radical (unpaired) electrons. The van der Waals surface area contributed by atoms with Gasteiger partial charge in [0, 0.05) is 18.2 Å². The highest BCUT2D eigenvalue weighted by atomic mass is 19.1. The first kappa shape index (κ1) is 14.5. The van der Waals surface area contributed by atoms with Gasteiger partial charge >= 0.3 is 0 Å². The molecule has 1 unspecified atom stereocenters. The Morgan fingerprint density at radius 1 is 1.29 bits per heavy atom. The van der Waals surface area contributed by atoms with Gasteiger partial charge in [0.25, 0.3) is 5.69 Å². The van der Waals surface area contributed by atoms with Crippen molar-refractivity contribution in [1.82, 2.24) is 0 Å². The van der Waals surface area contributed by atoms with Crippen molar-refractivity contribution in [2.75, 3.05) is 5.32 Å². The lowest BCUT2D eigenvalue weighted by Gasteiger charge is -2.15. The SMILES string of the molecule is CC(Nc1cc(F)ccc1[N+](=O)[O-])c1ccc(C#N)cc1. The molecular weight excluding hydrogens is 273 g/mol. The van der Waals surface area contributed by atoms with Crippen LogP contribution in [0.2, 0.25) is 0 Å².